The van der Waals surface area contributed by atoms with Crippen LogP contribution >= 0.6 is 0 Å². The van der Waals surface area contributed by atoms with E-state index < -0.39 is 0 Å². The van der Waals surface area contributed by atoms with Crippen LogP contribution in [0.2, 0.25) is 0 Å². The van der Waals surface area contributed by atoms with Gasteiger partial charge in [0, 0.05) is 18.8 Å². The van der Waals surface area contributed by atoms with Gasteiger partial charge in [0.15, 0.2) is 0 Å². The fraction of sp³-hybridized carbons (Fsp3) is 0.688. The maximum Gasteiger partial charge on any atom is 0.213 e. The zero-order chi connectivity index (χ0) is 14.0. The first kappa shape index (κ1) is 15.3. The number of aromatic nitrogens is 1. The van der Waals surface area contributed by atoms with Crippen molar-refractivity contribution < 1.29 is 4.74 Å². The average Bonchev–Trinajstić information content (AvgIpc) is 2.48. The minimum Gasteiger partial charge on any atom is -0.478 e. The number of nitrogens with zero attached hydrogens (tertiary/aromatic N) is 2. The molecule has 20 heavy (non-hydrogen) atoms. The average molecular weight is 277 g/mol. The standard InChI is InChI=1S/C16H27N3O/c17-8-3-1-6-12-20-16-13-15(7-9-18-16)14-19-10-4-2-5-11-19/h7,9,13H,1-6,8,10-12,14,17H2. The topological polar surface area (TPSA) is 51.4 Å². The molecule has 4 nitrogen and oxygen atoms in total. The largest absolute Gasteiger partial charge is 0.478 e. The van der Waals surface area contributed by atoms with Gasteiger partial charge in [0.2, 0.25) is 5.88 Å². The van der Waals surface area contributed by atoms with Gasteiger partial charge in [-0.2, -0.15) is 0 Å². The molecule has 1 fully saturated rings. The normalized spacial score (nSPS) is 16.2. The number of hydrogen-bond donors (Lipinski definition) is 1. The molecule has 2 heterocycles. The van der Waals surface area contributed by atoms with Crippen LogP contribution < -0.4 is 10.5 Å². The summed E-state index contributed by atoms with van der Waals surface area (Å²) in [5.74, 6) is 0.757. The number of hydrogen-bond acceptors (Lipinski definition) is 4. The maximum absolute atomic E-state index is 5.71. The van der Waals surface area contributed by atoms with Crippen LogP contribution in [0, 0.1) is 0 Å². The molecular formula is C16H27N3O. The fourth-order valence-electron chi connectivity index (χ4n) is 2.60. The van der Waals surface area contributed by atoms with E-state index in [0.29, 0.717) is 0 Å². The number of rotatable bonds is 8. The quantitative estimate of drug-likeness (QED) is 0.742. The van der Waals surface area contributed by atoms with Crippen LogP contribution in [0.25, 0.3) is 0 Å². The summed E-state index contributed by atoms with van der Waals surface area (Å²) < 4.78 is 5.71. The highest BCUT2D eigenvalue weighted by Gasteiger charge is 2.10. The molecule has 0 saturated carbocycles. The van der Waals surface area contributed by atoms with Crippen molar-refractivity contribution >= 4 is 0 Å². The molecule has 0 spiro atoms. The van der Waals surface area contributed by atoms with Crippen molar-refractivity contribution in [2.45, 2.75) is 45.1 Å². The van der Waals surface area contributed by atoms with Gasteiger partial charge in [0.05, 0.1) is 6.61 Å². The summed E-state index contributed by atoms with van der Waals surface area (Å²) in [5.41, 5.74) is 6.78. The second kappa shape index (κ2) is 8.93. The first-order chi connectivity index (χ1) is 9.88. The molecule has 4 heteroatoms. The molecule has 112 valence electrons. The van der Waals surface area contributed by atoms with Crippen molar-refractivity contribution in [2.24, 2.45) is 5.73 Å². The minimum absolute atomic E-state index is 0.736. The molecule has 1 aliphatic rings. The number of nitrogens with two attached hydrogens (primary N) is 1. The van der Waals surface area contributed by atoms with Gasteiger partial charge in [-0.3, -0.25) is 4.90 Å². The van der Waals surface area contributed by atoms with Crippen molar-refractivity contribution in [2.75, 3.05) is 26.2 Å². The lowest BCUT2D eigenvalue weighted by molar-refractivity contribution is 0.220. The maximum atomic E-state index is 5.71. The Morgan fingerprint density at radius 3 is 2.80 bits per heavy atom. The van der Waals surface area contributed by atoms with Crippen LogP contribution in [0.3, 0.4) is 0 Å². The monoisotopic (exact) mass is 277 g/mol. The Labute approximate surface area is 122 Å². The van der Waals surface area contributed by atoms with E-state index in [4.69, 9.17) is 10.5 Å². The van der Waals surface area contributed by atoms with Crippen LogP contribution in [0.15, 0.2) is 18.3 Å². The van der Waals surface area contributed by atoms with Crippen molar-refractivity contribution in [1.82, 2.24) is 9.88 Å². The van der Waals surface area contributed by atoms with Gasteiger partial charge in [-0.1, -0.05) is 6.42 Å². The number of unbranched alkanes of at least 4 members (excludes halogenated alkanes) is 2. The molecule has 0 aliphatic carbocycles. The van der Waals surface area contributed by atoms with Gasteiger partial charge in [-0.05, 0) is 63.4 Å². The SMILES string of the molecule is NCCCCCOc1cc(CN2CCCCC2)ccn1. The molecule has 1 aromatic heterocycles. The third-order valence-corrected chi connectivity index (χ3v) is 3.75. The van der Waals surface area contributed by atoms with Crippen molar-refractivity contribution in [3.8, 4) is 5.88 Å². The summed E-state index contributed by atoms with van der Waals surface area (Å²) in [4.78, 5) is 6.80. The third kappa shape index (κ3) is 5.47. The minimum atomic E-state index is 0.736. The van der Waals surface area contributed by atoms with E-state index in [2.05, 4.69) is 22.0 Å². The summed E-state index contributed by atoms with van der Waals surface area (Å²) in [6.45, 7) is 4.96. The van der Waals surface area contributed by atoms with Gasteiger partial charge < -0.3 is 10.5 Å². The summed E-state index contributed by atoms with van der Waals surface area (Å²) in [6.07, 6.45) is 9.15. The molecule has 0 radical (unpaired) electrons. The predicted molar refractivity (Wildman–Crippen MR) is 81.8 cm³/mol. The summed E-state index contributed by atoms with van der Waals surface area (Å²) in [7, 11) is 0. The fourth-order valence-corrected chi connectivity index (χ4v) is 2.60. The number of pyridine rings is 1. The Bertz CT molecular complexity index is 378. The van der Waals surface area contributed by atoms with Gasteiger partial charge >= 0.3 is 0 Å². The third-order valence-electron chi connectivity index (χ3n) is 3.75. The van der Waals surface area contributed by atoms with E-state index in [9.17, 15) is 0 Å². The van der Waals surface area contributed by atoms with E-state index in [1.165, 1.54) is 37.9 Å². The highest BCUT2D eigenvalue weighted by atomic mass is 16.5. The first-order valence-electron chi connectivity index (χ1n) is 7.88. The van der Waals surface area contributed by atoms with Crippen LogP contribution in [-0.4, -0.2) is 36.1 Å². The van der Waals surface area contributed by atoms with E-state index in [1.54, 1.807) is 0 Å². The van der Waals surface area contributed by atoms with Gasteiger partial charge in [-0.25, -0.2) is 4.98 Å². The van der Waals surface area contributed by atoms with Crippen LogP contribution in [0.4, 0.5) is 0 Å². The Morgan fingerprint density at radius 2 is 2.00 bits per heavy atom. The van der Waals surface area contributed by atoms with Crippen LogP contribution in [-0.2, 0) is 6.54 Å². The molecule has 0 bridgehead atoms. The summed E-state index contributed by atoms with van der Waals surface area (Å²) in [6, 6.07) is 4.17. The molecule has 0 unspecified atom stereocenters. The lowest BCUT2D eigenvalue weighted by Crippen LogP contribution is -2.29. The predicted octanol–water partition coefficient (Wildman–Crippen LogP) is 2.58. The molecule has 1 saturated heterocycles. The highest BCUT2D eigenvalue weighted by Crippen LogP contribution is 2.15. The number of piperidine rings is 1. The number of ether oxygens (including phenoxy) is 1. The molecule has 1 aromatic rings. The molecule has 1 aliphatic heterocycles. The number of likely N-dealkylation sites (tertiary alicyclic amines) is 1. The van der Waals surface area contributed by atoms with Gasteiger partial charge in [0.25, 0.3) is 0 Å². The van der Waals surface area contributed by atoms with E-state index in [0.717, 1.165) is 44.8 Å². The second-order valence-electron chi connectivity index (χ2n) is 5.54. The van der Waals surface area contributed by atoms with E-state index >= 15 is 0 Å². The van der Waals surface area contributed by atoms with Gasteiger partial charge in [0.1, 0.15) is 0 Å². The second-order valence-corrected chi connectivity index (χ2v) is 5.54. The zero-order valence-corrected chi connectivity index (χ0v) is 12.4. The molecular weight excluding hydrogens is 250 g/mol. The highest BCUT2D eigenvalue weighted by molar-refractivity contribution is 5.20. The van der Waals surface area contributed by atoms with Crippen molar-refractivity contribution in [1.29, 1.82) is 0 Å². The smallest absolute Gasteiger partial charge is 0.213 e. The zero-order valence-electron chi connectivity index (χ0n) is 12.4. The lowest BCUT2D eigenvalue weighted by Gasteiger charge is -2.26. The molecule has 2 N–H and O–H groups in total. The molecule has 0 amide bonds. The van der Waals surface area contributed by atoms with Crippen LogP contribution in [0.1, 0.15) is 44.1 Å². The first-order valence-corrected chi connectivity index (χ1v) is 7.88. The Kier molecular flexibility index (Phi) is 6.81. The molecule has 0 aromatic carbocycles. The summed E-state index contributed by atoms with van der Waals surface area (Å²) >= 11 is 0. The van der Waals surface area contributed by atoms with E-state index in [1.807, 2.05) is 6.20 Å². The molecule has 2 rings (SSSR count). The van der Waals surface area contributed by atoms with E-state index in [-0.39, 0.29) is 0 Å². The Balaban J connectivity index is 1.75. The van der Waals surface area contributed by atoms with Crippen LogP contribution in [0.5, 0.6) is 5.88 Å². The Morgan fingerprint density at radius 1 is 1.15 bits per heavy atom. The molecule has 0 atom stereocenters. The lowest BCUT2D eigenvalue weighted by atomic mass is 10.1. The summed E-state index contributed by atoms with van der Waals surface area (Å²) in [5, 5.41) is 0. The van der Waals surface area contributed by atoms with Gasteiger partial charge in [-0.15, -0.1) is 0 Å². The Hall–Kier alpha value is -1.13. The van der Waals surface area contributed by atoms with Crippen molar-refractivity contribution in [3.63, 3.8) is 0 Å². The van der Waals surface area contributed by atoms with Crippen molar-refractivity contribution in [3.05, 3.63) is 23.9 Å².